The predicted octanol–water partition coefficient (Wildman–Crippen LogP) is 1.28. The van der Waals surface area contributed by atoms with Gasteiger partial charge in [-0.15, -0.1) is 0 Å². The Morgan fingerprint density at radius 3 is 2.74 bits per heavy atom. The van der Waals surface area contributed by atoms with Crippen molar-refractivity contribution in [3.63, 3.8) is 0 Å². The maximum absolute atomic E-state index is 12.0. The normalized spacial score (nSPS) is 10.5. The van der Waals surface area contributed by atoms with Crippen LogP contribution in [0, 0.1) is 0 Å². The molecule has 0 aliphatic rings. The van der Waals surface area contributed by atoms with E-state index in [1.807, 2.05) is 12.1 Å². The van der Waals surface area contributed by atoms with E-state index in [1.54, 1.807) is 30.6 Å². The van der Waals surface area contributed by atoms with Crippen LogP contribution in [0.25, 0.3) is 11.0 Å². The van der Waals surface area contributed by atoms with Crippen molar-refractivity contribution in [3.05, 3.63) is 53.9 Å². The molecule has 2 N–H and O–H groups in total. The standard InChI is InChI=1S/C13H11N5O/c19-13(15-8-9-3-5-14-6-4-9)10-1-2-11-12(7-10)17-18-16-11/h1-7H,8H2,(H,15,19)(H,16,17,18). The molecule has 0 saturated carbocycles. The van der Waals surface area contributed by atoms with Crippen LogP contribution in [0.2, 0.25) is 0 Å². The summed E-state index contributed by atoms with van der Waals surface area (Å²) in [7, 11) is 0. The molecule has 19 heavy (non-hydrogen) atoms. The average molecular weight is 253 g/mol. The largest absolute Gasteiger partial charge is 0.348 e. The van der Waals surface area contributed by atoms with Crippen LogP contribution in [0.4, 0.5) is 0 Å². The Morgan fingerprint density at radius 1 is 1.11 bits per heavy atom. The number of H-pyrrole nitrogens is 1. The highest BCUT2D eigenvalue weighted by Crippen LogP contribution is 2.10. The number of amides is 1. The lowest BCUT2D eigenvalue weighted by molar-refractivity contribution is 0.0951. The van der Waals surface area contributed by atoms with Crippen LogP contribution in [-0.2, 0) is 6.54 Å². The van der Waals surface area contributed by atoms with Gasteiger partial charge in [0.15, 0.2) is 0 Å². The maximum atomic E-state index is 12.0. The first kappa shape index (κ1) is 11.3. The molecule has 0 atom stereocenters. The fourth-order valence-corrected chi connectivity index (χ4v) is 1.77. The average Bonchev–Trinajstić information content (AvgIpc) is 2.93. The number of pyridine rings is 1. The van der Waals surface area contributed by atoms with E-state index in [1.165, 1.54) is 0 Å². The maximum Gasteiger partial charge on any atom is 0.251 e. The van der Waals surface area contributed by atoms with E-state index in [2.05, 4.69) is 25.7 Å². The topological polar surface area (TPSA) is 83.6 Å². The summed E-state index contributed by atoms with van der Waals surface area (Å²) >= 11 is 0. The van der Waals surface area contributed by atoms with Gasteiger partial charge < -0.3 is 5.32 Å². The number of benzene rings is 1. The molecular formula is C13H11N5O. The van der Waals surface area contributed by atoms with Crippen molar-refractivity contribution in [1.29, 1.82) is 0 Å². The highest BCUT2D eigenvalue weighted by molar-refractivity contribution is 5.97. The number of aromatic nitrogens is 4. The fourth-order valence-electron chi connectivity index (χ4n) is 1.77. The van der Waals surface area contributed by atoms with Crippen LogP contribution in [0.5, 0.6) is 0 Å². The summed E-state index contributed by atoms with van der Waals surface area (Å²) in [6.07, 6.45) is 3.39. The predicted molar refractivity (Wildman–Crippen MR) is 69.3 cm³/mol. The molecule has 6 nitrogen and oxygen atoms in total. The lowest BCUT2D eigenvalue weighted by Crippen LogP contribution is -2.22. The van der Waals surface area contributed by atoms with E-state index < -0.39 is 0 Å². The molecule has 0 aliphatic carbocycles. The minimum atomic E-state index is -0.137. The van der Waals surface area contributed by atoms with Gasteiger partial charge in [0.2, 0.25) is 0 Å². The van der Waals surface area contributed by atoms with Crippen molar-refractivity contribution in [3.8, 4) is 0 Å². The zero-order valence-corrected chi connectivity index (χ0v) is 10.00. The summed E-state index contributed by atoms with van der Waals surface area (Å²) in [5.41, 5.74) is 2.99. The first-order valence-electron chi connectivity index (χ1n) is 5.80. The van der Waals surface area contributed by atoms with Gasteiger partial charge in [0.1, 0.15) is 11.0 Å². The van der Waals surface area contributed by atoms with E-state index in [-0.39, 0.29) is 5.91 Å². The van der Waals surface area contributed by atoms with Crippen molar-refractivity contribution < 1.29 is 4.79 Å². The summed E-state index contributed by atoms with van der Waals surface area (Å²) < 4.78 is 0. The summed E-state index contributed by atoms with van der Waals surface area (Å²) in [5, 5.41) is 13.3. The van der Waals surface area contributed by atoms with Gasteiger partial charge >= 0.3 is 0 Å². The zero-order valence-electron chi connectivity index (χ0n) is 10.00. The number of hydrogen-bond donors (Lipinski definition) is 2. The van der Waals surface area contributed by atoms with E-state index in [9.17, 15) is 4.79 Å². The van der Waals surface area contributed by atoms with Crippen LogP contribution < -0.4 is 5.32 Å². The van der Waals surface area contributed by atoms with Crippen molar-refractivity contribution in [1.82, 2.24) is 25.7 Å². The van der Waals surface area contributed by atoms with Crippen LogP contribution in [0.1, 0.15) is 15.9 Å². The molecule has 1 amide bonds. The van der Waals surface area contributed by atoms with Gasteiger partial charge in [0, 0.05) is 24.5 Å². The van der Waals surface area contributed by atoms with Crippen molar-refractivity contribution in [2.24, 2.45) is 0 Å². The molecule has 0 saturated heterocycles. The first-order valence-corrected chi connectivity index (χ1v) is 5.80. The number of carbonyl (C=O) groups is 1. The number of rotatable bonds is 3. The van der Waals surface area contributed by atoms with Gasteiger partial charge in [-0.25, -0.2) is 0 Å². The number of aromatic amines is 1. The quantitative estimate of drug-likeness (QED) is 0.736. The second-order valence-electron chi connectivity index (χ2n) is 4.07. The molecule has 0 bridgehead atoms. The lowest BCUT2D eigenvalue weighted by Gasteiger charge is -2.04. The van der Waals surface area contributed by atoms with E-state index in [0.29, 0.717) is 17.6 Å². The first-order chi connectivity index (χ1) is 9.33. The molecule has 2 aromatic heterocycles. The molecule has 6 heteroatoms. The van der Waals surface area contributed by atoms with Crippen molar-refractivity contribution >= 4 is 16.9 Å². The molecule has 0 radical (unpaired) electrons. The van der Waals surface area contributed by atoms with Gasteiger partial charge in [0.25, 0.3) is 5.91 Å². The monoisotopic (exact) mass is 253 g/mol. The summed E-state index contributed by atoms with van der Waals surface area (Å²) in [6, 6.07) is 8.93. The Bertz CT molecular complexity index is 707. The van der Waals surface area contributed by atoms with Crippen LogP contribution in [-0.4, -0.2) is 26.3 Å². The smallest absolute Gasteiger partial charge is 0.251 e. The Labute approximate surface area is 108 Å². The highest BCUT2D eigenvalue weighted by atomic mass is 16.1. The van der Waals surface area contributed by atoms with Crippen LogP contribution in [0.3, 0.4) is 0 Å². The zero-order chi connectivity index (χ0) is 13.1. The Kier molecular flexibility index (Phi) is 2.89. The Morgan fingerprint density at radius 2 is 1.89 bits per heavy atom. The minimum absolute atomic E-state index is 0.137. The molecule has 94 valence electrons. The van der Waals surface area contributed by atoms with Crippen molar-refractivity contribution in [2.75, 3.05) is 0 Å². The fraction of sp³-hybridized carbons (Fsp3) is 0.0769. The van der Waals surface area contributed by atoms with Gasteiger partial charge in [-0.3, -0.25) is 9.78 Å². The minimum Gasteiger partial charge on any atom is -0.348 e. The molecule has 3 rings (SSSR count). The van der Waals surface area contributed by atoms with E-state index in [4.69, 9.17) is 0 Å². The van der Waals surface area contributed by atoms with Crippen molar-refractivity contribution in [2.45, 2.75) is 6.54 Å². The molecule has 3 aromatic rings. The highest BCUT2D eigenvalue weighted by Gasteiger charge is 2.07. The molecule has 0 spiro atoms. The molecule has 0 aliphatic heterocycles. The third-order valence-electron chi connectivity index (χ3n) is 2.78. The third kappa shape index (κ3) is 2.42. The number of fused-ring (bicyclic) bond motifs is 1. The second kappa shape index (κ2) is 4.85. The molecule has 0 fully saturated rings. The van der Waals surface area contributed by atoms with Gasteiger partial charge in [-0.05, 0) is 35.9 Å². The molecular weight excluding hydrogens is 242 g/mol. The van der Waals surface area contributed by atoms with Crippen LogP contribution in [0.15, 0.2) is 42.7 Å². The molecule has 1 aromatic carbocycles. The van der Waals surface area contributed by atoms with E-state index in [0.717, 1.165) is 11.1 Å². The van der Waals surface area contributed by atoms with Crippen LogP contribution >= 0.6 is 0 Å². The third-order valence-corrected chi connectivity index (χ3v) is 2.78. The summed E-state index contributed by atoms with van der Waals surface area (Å²) in [6.45, 7) is 0.470. The Balaban J connectivity index is 1.73. The molecule has 0 unspecified atom stereocenters. The molecule has 2 heterocycles. The van der Waals surface area contributed by atoms with Gasteiger partial charge in [-0.2, -0.15) is 15.4 Å². The number of nitrogens with zero attached hydrogens (tertiary/aromatic N) is 3. The SMILES string of the molecule is O=C(NCc1ccncc1)c1ccc2n[nH]nc2c1. The van der Waals surface area contributed by atoms with Gasteiger partial charge in [-0.1, -0.05) is 0 Å². The number of hydrogen-bond acceptors (Lipinski definition) is 4. The van der Waals surface area contributed by atoms with E-state index >= 15 is 0 Å². The summed E-state index contributed by atoms with van der Waals surface area (Å²) in [4.78, 5) is 15.9. The Hall–Kier alpha value is -2.76. The number of nitrogens with one attached hydrogen (secondary N) is 2. The second-order valence-corrected chi connectivity index (χ2v) is 4.07. The lowest BCUT2D eigenvalue weighted by atomic mass is 10.2. The summed E-state index contributed by atoms with van der Waals surface area (Å²) in [5.74, 6) is -0.137. The number of carbonyl (C=O) groups excluding carboxylic acids is 1. The van der Waals surface area contributed by atoms with Gasteiger partial charge in [0.05, 0.1) is 0 Å².